The molecule has 0 fully saturated rings. The molecule has 0 N–H and O–H groups in total. The minimum atomic E-state index is -0.198. The van der Waals surface area contributed by atoms with Gasteiger partial charge in [0, 0.05) is 21.8 Å². The number of rotatable bonds is 0. The van der Waals surface area contributed by atoms with Crippen LogP contribution in [0.5, 0.6) is 0 Å². The van der Waals surface area contributed by atoms with Crippen molar-refractivity contribution in [1.82, 2.24) is 4.98 Å². The molecule has 3 nitrogen and oxygen atoms in total. The molecule has 0 unspecified atom stereocenters. The maximum Gasteiger partial charge on any atom is 0.212 e. The van der Waals surface area contributed by atoms with Crippen LogP contribution in [0.15, 0.2) is 41.0 Å². The second-order valence-electron chi connectivity index (χ2n) is 3.72. The van der Waals surface area contributed by atoms with Gasteiger partial charge in [0.2, 0.25) is 5.78 Å². The lowest BCUT2D eigenvalue weighted by atomic mass is 9.87. The average molecular weight is 288 g/mol. The van der Waals surface area contributed by atoms with Gasteiger partial charge in [-0.3, -0.25) is 14.6 Å². The number of ketones is 2. The number of carbonyl (C=O) groups excluding carboxylic acids is 2. The van der Waals surface area contributed by atoms with E-state index in [1.807, 2.05) is 0 Å². The summed E-state index contributed by atoms with van der Waals surface area (Å²) in [4.78, 5) is 28.4. The number of aromatic nitrogens is 1. The molecule has 0 radical (unpaired) electrons. The van der Waals surface area contributed by atoms with Crippen molar-refractivity contribution in [3.8, 4) is 0 Å². The Morgan fingerprint density at radius 3 is 2.29 bits per heavy atom. The van der Waals surface area contributed by atoms with Crippen molar-refractivity contribution >= 4 is 27.5 Å². The Hall–Kier alpha value is -1.81. The van der Waals surface area contributed by atoms with Crippen LogP contribution in [0.25, 0.3) is 0 Å². The molecule has 82 valence electrons. The third-order valence-corrected chi connectivity index (χ3v) is 3.42. The molecule has 0 saturated carbocycles. The molecule has 0 spiro atoms. The third-order valence-electron chi connectivity index (χ3n) is 2.76. The van der Waals surface area contributed by atoms with Crippen LogP contribution in [-0.4, -0.2) is 16.6 Å². The summed E-state index contributed by atoms with van der Waals surface area (Å²) in [7, 11) is 0. The van der Waals surface area contributed by atoms with Crippen molar-refractivity contribution in [2.24, 2.45) is 0 Å². The summed E-state index contributed by atoms with van der Waals surface area (Å²) < 4.78 is 0.607. The number of pyridine rings is 1. The molecular formula is C13H6BrNO2. The Morgan fingerprint density at radius 1 is 0.941 bits per heavy atom. The van der Waals surface area contributed by atoms with Crippen LogP contribution >= 0.6 is 15.9 Å². The van der Waals surface area contributed by atoms with Crippen LogP contribution in [-0.2, 0) is 0 Å². The Labute approximate surface area is 106 Å². The van der Waals surface area contributed by atoms with Crippen molar-refractivity contribution in [2.75, 3.05) is 0 Å². The summed E-state index contributed by atoms with van der Waals surface area (Å²) in [5.74, 6) is -0.355. The van der Waals surface area contributed by atoms with Crippen molar-refractivity contribution < 1.29 is 9.59 Å². The highest BCUT2D eigenvalue weighted by Gasteiger charge is 2.31. The molecule has 1 aliphatic rings. The van der Waals surface area contributed by atoms with Crippen molar-refractivity contribution in [2.45, 2.75) is 0 Å². The summed E-state index contributed by atoms with van der Waals surface area (Å²) >= 11 is 3.29. The molecule has 3 rings (SSSR count). The zero-order valence-corrected chi connectivity index (χ0v) is 10.2. The first kappa shape index (κ1) is 10.4. The smallest absolute Gasteiger partial charge is 0.212 e. The van der Waals surface area contributed by atoms with E-state index in [1.165, 1.54) is 6.20 Å². The second kappa shape index (κ2) is 3.60. The van der Waals surface area contributed by atoms with Crippen molar-refractivity contribution in [1.29, 1.82) is 0 Å². The molecule has 0 amide bonds. The number of benzene rings is 1. The van der Waals surface area contributed by atoms with Crippen molar-refractivity contribution in [3.63, 3.8) is 0 Å². The van der Waals surface area contributed by atoms with E-state index in [4.69, 9.17) is 0 Å². The molecule has 1 aromatic heterocycles. The summed E-state index contributed by atoms with van der Waals surface area (Å²) in [6.07, 6.45) is 1.52. The highest BCUT2D eigenvalue weighted by atomic mass is 79.9. The Balaban J connectivity index is 2.37. The van der Waals surface area contributed by atoms with Crippen LogP contribution in [0, 0.1) is 0 Å². The van der Waals surface area contributed by atoms with Crippen LogP contribution in [0.4, 0.5) is 0 Å². The fraction of sp³-hybridized carbons (Fsp3) is 0. The zero-order chi connectivity index (χ0) is 12.0. The van der Waals surface area contributed by atoms with Gasteiger partial charge in [0.15, 0.2) is 5.78 Å². The summed E-state index contributed by atoms with van der Waals surface area (Å²) in [5.41, 5.74) is 1.45. The molecule has 0 atom stereocenters. The van der Waals surface area contributed by atoms with E-state index in [0.29, 0.717) is 21.2 Å². The fourth-order valence-electron chi connectivity index (χ4n) is 1.97. The summed E-state index contributed by atoms with van der Waals surface area (Å²) in [6.45, 7) is 0. The van der Waals surface area contributed by atoms with Gasteiger partial charge in [0.1, 0.15) is 5.69 Å². The highest BCUT2D eigenvalue weighted by molar-refractivity contribution is 9.10. The molecule has 1 aromatic carbocycles. The van der Waals surface area contributed by atoms with Gasteiger partial charge < -0.3 is 0 Å². The zero-order valence-electron chi connectivity index (χ0n) is 8.61. The number of nitrogens with zero attached hydrogens (tertiary/aromatic N) is 1. The molecule has 17 heavy (non-hydrogen) atoms. The SMILES string of the molecule is O=C1c2ccccc2C(=O)c2c(Br)ccnc21. The van der Waals surface area contributed by atoms with E-state index in [1.54, 1.807) is 30.3 Å². The number of fused-ring (bicyclic) bond motifs is 2. The molecule has 1 heterocycles. The van der Waals surface area contributed by atoms with E-state index in [9.17, 15) is 9.59 Å². The first-order chi connectivity index (χ1) is 8.20. The summed E-state index contributed by atoms with van der Waals surface area (Å²) in [5, 5.41) is 0. The van der Waals surface area contributed by atoms with Crippen LogP contribution < -0.4 is 0 Å². The monoisotopic (exact) mass is 287 g/mol. The molecule has 0 bridgehead atoms. The second-order valence-corrected chi connectivity index (χ2v) is 4.57. The molecular weight excluding hydrogens is 282 g/mol. The molecule has 0 aliphatic heterocycles. The van der Waals surface area contributed by atoms with E-state index < -0.39 is 0 Å². The van der Waals surface area contributed by atoms with Gasteiger partial charge in [-0.05, 0) is 22.0 Å². The largest absolute Gasteiger partial charge is 0.288 e. The normalized spacial score (nSPS) is 13.2. The minimum Gasteiger partial charge on any atom is -0.288 e. The lowest BCUT2D eigenvalue weighted by Crippen LogP contribution is -2.22. The van der Waals surface area contributed by atoms with Gasteiger partial charge >= 0.3 is 0 Å². The van der Waals surface area contributed by atoms with Crippen LogP contribution in [0.1, 0.15) is 32.0 Å². The topological polar surface area (TPSA) is 47.0 Å². The van der Waals surface area contributed by atoms with Gasteiger partial charge in [-0.15, -0.1) is 0 Å². The molecule has 1 aliphatic carbocycles. The predicted molar refractivity (Wildman–Crippen MR) is 65.2 cm³/mol. The molecule has 0 saturated heterocycles. The van der Waals surface area contributed by atoms with Crippen molar-refractivity contribution in [3.05, 3.63) is 63.4 Å². The number of hydrogen-bond donors (Lipinski definition) is 0. The van der Waals surface area contributed by atoms with Gasteiger partial charge in [0.25, 0.3) is 0 Å². The molecule has 4 heteroatoms. The first-order valence-electron chi connectivity index (χ1n) is 5.03. The van der Waals surface area contributed by atoms with Gasteiger partial charge in [-0.1, -0.05) is 24.3 Å². The Bertz CT molecular complexity index is 664. The standard InChI is InChI=1S/C13H6BrNO2/c14-9-5-6-15-11-10(9)12(16)7-3-1-2-4-8(7)13(11)17/h1-6H. The quantitative estimate of drug-likeness (QED) is 0.639. The third kappa shape index (κ3) is 1.37. The van der Waals surface area contributed by atoms with Crippen LogP contribution in [0.3, 0.4) is 0 Å². The van der Waals surface area contributed by atoms with E-state index in [2.05, 4.69) is 20.9 Å². The minimum absolute atomic E-state index is 0.157. The van der Waals surface area contributed by atoms with Crippen LogP contribution in [0.2, 0.25) is 0 Å². The fourth-order valence-corrected chi connectivity index (χ4v) is 2.45. The maximum atomic E-state index is 12.3. The van der Waals surface area contributed by atoms with E-state index in [-0.39, 0.29) is 17.3 Å². The number of halogens is 1. The Morgan fingerprint density at radius 2 is 1.59 bits per heavy atom. The maximum absolute atomic E-state index is 12.3. The highest BCUT2D eigenvalue weighted by Crippen LogP contribution is 2.30. The Kier molecular flexibility index (Phi) is 2.19. The molecule has 2 aromatic rings. The number of hydrogen-bond acceptors (Lipinski definition) is 3. The van der Waals surface area contributed by atoms with Gasteiger partial charge in [-0.2, -0.15) is 0 Å². The van der Waals surface area contributed by atoms with Gasteiger partial charge in [-0.25, -0.2) is 0 Å². The average Bonchev–Trinajstić information content (AvgIpc) is 2.36. The first-order valence-corrected chi connectivity index (χ1v) is 5.82. The van der Waals surface area contributed by atoms with E-state index in [0.717, 1.165) is 0 Å². The lowest BCUT2D eigenvalue weighted by molar-refractivity contribution is 0.0974. The number of carbonyl (C=O) groups is 2. The predicted octanol–water partition coefficient (Wildman–Crippen LogP) is 2.62. The van der Waals surface area contributed by atoms with E-state index >= 15 is 0 Å². The summed E-state index contributed by atoms with van der Waals surface area (Å²) in [6, 6.07) is 8.48. The lowest BCUT2D eigenvalue weighted by Gasteiger charge is -2.16. The van der Waals surface area contributed by atoms with Gasteiger partial charge in [0.05, 0.1) is 5.56 Å².